The lowest BCUT2D eigenvalue weighted by atomic mass is 10.0. The summed E-state index contributed by atoms with van der Waals surface area (Å²) in [5.41, 5.74) is 0.352. The molecule has 2 fully saturated rings. The number of fused-ring (bicyclic) bond motifs is 1. The number of hydrogen-bond acceptors (Lipinski definition) is 4. The van der Waals surface area contributed by atoms with Gasteiger partial charge >= 0.3 is 0 Å². The molecule has 0 spiro atoms. The fraction of sp³-hybridized carbons (Fsp3) is 0.579. The molecule has 0 bridgehead atoms. The second-order valence-electron chi connectivity index (χ2n) is 7.89. The van der Waals surface area contributed by atoms with Crippen LogP contribution in [0.3, 0.4) is 0 Å². The molecule has 0 aliphatic heterocycles. The Morgan fingerprint density at radius 2 is 2.07 bits per heavy atom. The van der Waals surface area contributed by atoms with Crippen molar-refractivity contribution < 1.29 is 14.0 Å². The zero-order valence-corrected chi connectivity index (χ0v) is 15.1. The third kappa shape index (κ3) is 4.43. The molecule has 2 aromatic heterocycles. The Balaban J connectivity index is 1.23. The normalized spacial score (nSPS) is 24.9. The van der Waals surface area contributed by atoms with Gasteiger partial charge in [-0.2, -0.15) is 5.10 Å². The lowest BCUT2D eigenvalue weighted by Crippen LogP contribution is -2.38. The summed E-state index contributed by atoms with van der Waals surface area (Å²) >= 11 is 0. The standard InChI is InChI=1S/C19H24FN5O2/c20-19(11-22-17(26)7-12-1-2-12)6-5-13(8-19)9-21-18(27)15-4-3-14-16(24-15)10-23-25-14/h3-4,10,12-13H,1-2,5-9,11H2,(H,21,27)(H,22,26)(H,23,25)/t13-,19+/m1/s1. The molecule has 8 heteroatoms. The number of aromatic nitrogens is 3. The van der Waals surface area contributed by atoms with Crippen molar-refractivity contribution >= 4 is 22.8 Å². The van der Waals surface area contributed by atoms with Crippen LogP contribution in [0, 0.1) is 11.8 Å². The molecule has 4 rings (SSSR count). The Labute approximate surface area is 156 Å². The van der Waals surface area contributed by atoms with Crippen LogP contribution in [-0.2, 0) is 4.79 Å². The van der Waals surface area contributed by atoms with Crippen LogP contribution >= 0.6 is 0 Å². The number of carbonyl (C=O) groups is 2. The number of aromatic amines is 1. The molecule has 2 aliphatic carbocycles. The highest BCUT2D eigenvalue weighted by Gasteiger charge is 2.39. The van der Waals surface area contributed by atoms with Crippen molar-refractivity contribution in [2.45, 2.75) is 44.2 Å². The summed E-state index contributed by atoms with van der Waals surface area (Å²) in [7, 11) is 0. The maximum absolute atomic E-state index is 14.9. The average molecular weight is 373 g/mol. The van der Waals surface area contributed by atoms with Gasteiger partial charge in [0.25, 0.3) is 5.91 Å². The molecule has 0 radical (unpaired) electrons. The Morgan fingerprint density at radius 1 is 1.22 bits per heavy atom. The van der Waals surface area contributed by atoms with Crippen molar-refractivity contribution in [1.29, 1.82) is 0 Å². The van der Waals surface area contributed by atoms with Gasteiger partial charge in [0, 0.05) is 13.0 Å². The van der Waals surface area contributed by atoms with Gasteiger partial charge in [0.15, 0.2) is 0 Å². The van der Waals surface area contributed by atoms with E-state index in [2.05, 4.69) is 25.8 Å². The highest BCUT2D eigenvalue weighted by molar-refractivity contribution is 5.94. The largest absolute Gasteiger partial charge is 0.353 e. The van der Waals surface area contributed by atoms with Crippen molar-refractivity contribution in [3.63, 3.8) is 0 Å². The summed E-state index contributed by atoms with van der Waals surface area (Å²) < 4.78 is 14.9. The number of halogens is 1. The van der Waals surface area contributed by atoms with Crippen molar-refractivity contribution in [1.82, 2.24) is 25.8 Å². The summed E-state index contributed by atoms with van der Waals surface area (Å²) in [4.78, 5) is 28.3. The van der Waals surface area contributed by atoms with Crippen LogP contribution in [0.5, 0.6) is 0 Å². The van der Waals surface area contributed by atoms with Gasteiger partial charge in [0.05, 0.1) is 18.3 Å². The molecule has 7 nitrogen and oxygen atoms in total. The Kier molecular flexibility index (Phi) is 4.80. The predicted molar refractivity (Wildman–Crippen MR) is 97.8 cm³/mol. The van der Waals surface area contributed by atoms with E-state index in [-0.39, 0.29) is 24.3 Å². The molecule has 2 amide bonds. The van der Waals surface area contributed by atoms with Gasteiger partial charge < -0.3 is 10.6 Å². The fourth-order valence-electron chi connectivity index (χ4n) is 3.72. The average Bonchev–Trinajstić information content (AvgIpc) is 3.20. The zero-order chi connectivity index (χ0) is 18.9. The van der Waals surface area contributed by atoms with Gasteiger partial charge in [-0.15, -0.1) is 0 Å². The minimum absolute atomic E-state index is 0.0491. The molecule has 2 atom stereocenters. The van der Waals surface area contributed by atoms with E-state index >= 15 is 0 Å². The van der Waals surface area contributed by atoms with Crippen molar-refractivity contribution in [3.8, 4) is 0 Å². The van der Waals surface area contributed by atoms with Crippen molar-refractivity contribution in [3.05, 3.63) is 24.0 Å². The van der Waals surface area contributed by atoms with Gasteiger partial charge in [-0.1, -0.05) is 0 Å². The summed E-state index contributed by atoms with van der Waals surface area (Å²) in [5, 5.41) is 12.3. The number of hydrogen-bond donors (Lipinski definition) is 3. The predicted octanol–water partition coefficient (Wildman–Crippen LogP) is 2.11. The summed E-state index contributed by atoms with van der Waals surface area (Å²) in [6, 6.07) is 3.40. The number of amides is 2. The highest BCUT2D eigenvalue weighted by atomic mass is 19.1. The van der Waals surface area contributed by atoms with E-state index in [4.69, 9.17) is 0 Å². The second kappa shape index (κ2) is 7.25. The van der Waals surface area contributed by atoms with E-state index in [1.165, 1.54) is 0 Å². The number of carbonyl (C=O) groups excluding carboxylic acids is 2. The molecule has 3 N–H and O–H groups in total. The van der Waals surface area contributed by atoms with Gasteiger partial charge in [-0.25, -0.2) is 9.37 Å². The van der Waals surface area contributed by atoms with Crippen LogP contribution in [0.25, 0.3) is 11.0 Å². The third-order valence-corrected chi connectivity index (χ3v) is 5.51. The molecule has 2 heterocycles. The molecule has 144 valence electrons. The lowest BCUT2D eigenvalue weighted by Gasteiger charge is -2.20. The molecule has 2 aromatic rings. The first-order chi connectivity index (χ1) is 13.0. The van der Waals surface area contributed by atoms with E-state index in [1.807, 2.05) is 0 Å². The first-order valence-electron chi connectivity index (χ1n) is 9.55. The maximum Gasteiger partial charge on any atom is 0.269 e. The highest BCUT2D eigenvalue weighted by Crippen LogP contribution is 2.37. The van der Waals surface area contributed by atoms with E-state index in [0.717, 1.165) is 18.4 Å². The number of alkyl halides is 1. The number of pyridine rings is 1. The number of nitrogens with zero attached hydrogens (tertiary/aromatic N) is 2. The first kappa shape index (κ1) is 17.9. The molecule has 0 aromatic carbocycles. The van der Waals surface area contributed by atoms with E-state index < -0.39 is 5.67 Å². The molecule has 0 saturated heterocycles. The maximum atomic E-state index is 14.9. The third-order valence-electron chi connectivity index (χ3n) is 5.51. The zero-order valence-electron chi connectivity index (χ0n) is 15.1. The van der Waals surface area contributed by atoms with Gasteiger partial charge in [0.2, 0.25) is 5.91 Å². The van der Waals surface area contributed by atoms with Crippen molar-refractivity contribution in [2.75, 3.05) is 13.1 Å². The number of rotatable bonds is 7. The van der Waals surface area contributed by atoms with Gasteiger partial charge in [-0.05, 0) is 56.1 Å². The number of nitrogens with one attached hydrogen (secondary N) is 3. The van der Waals surface area contributed by atoms with Crippen LogP contribution in [0.1, 0.15) is 49.0 Å². The Hall–Kier alpha value is -2.51. The molecule has 0 unspecified atom stereocenters. The van der Waals surface area contributed by atoms with Gasteiger partial charge in [0.1, 0.15) is 16.9 Å². The summed E-state index contributed by atoms with van der Waals surface area (Å²) in [5.74, 6) is 0.248. The molecule has 27 heavy (non-hydrogen) atoms. The van der Waals surface area contributed by atoms with Crippen LogP contribution in [0.4, 0.5) is 4.39 Å². The molecular weight excluding hydrogens is 349 g/mol. The first-order valence-corrected chi connectivity index (χ1v) is 9.55. The smallest absolute Gasteiger partial charge is 0.269 e. The van der Waals surface area contributed by atoms with Crippen LogP contribution in [0.2, 0.25) is 0 Å². The SMILES string of the molecule is O=C(CC1CC1)NC[C@]1(F)CC[C@@H](CNC(=O)c2ccc3[nH]ncc3n2)C1. The fourth-order valence-corrected chi connectivity index (χ4v) is 3.72. The second-order valence-corrected chi connectivity index (χ2v) is 7.89. The minimum atomic E-state index is -1.37. The lowest BCUT2D eigenvalue weighted by molar-refractivity contribution is -0.122. The van der Waals surface area contributed by atoms with Crippen molar-refractivity contribution in [2.24, 2.45) is 11.8 Å². The van der Waals surface area contributed by atoms with Crippen LogP contribution in [0.15, 0.2) is 18.3 Å². The van der Waals surface area contributed by atoms with Crippen LogP contribution < -0.4 is 10.6 Å². The quantitative estimate of drug-likeness (QED) is 0.692. The monoisotopic (exact) mass is 373 g/mol. The number of H-pyrrole nitrogens is 1. The van der Waals surface area contributed by atoms with Crippen LogP contribution in [-0.4, -0.2) is 45.8 Å². The Morgan fingerprint density at radius 3 is 2.89 bits per heavy atom. The van der Waals surface area contributed by atoms with E-state index in [9.17, 15) is 14.0 Å². The molecule has 2 saturated carbocycles. The molecule has 2 aliphatic rings. The molecular formula is C19H24FN5O2. The van der Waals surface area contributed by atoms with E-state index in [1.54, 1.807) is 18.3 Å². The topological polar surface area (TPSA) is 99.8 Å². The summed E-state index contributed by atoms with van der Waals surface area (Å²) in [6.07, 6.45) is 5.77. The summed E-state index contributed by atoms with van der Waals surface area (Å²) in [6.45, 7) is 0.480. The van der Waals surface area contributed by atoms with Gasteiger partial charge in [-0.3, -0.25) is 14.7 Å². The van der Waals surface area contributed by atoms with E-state index in [0.29, 0.717) is 49.4 Å². The Bertz CT molecular complexity index is 849. The minimum Gasteiger partial charge on any atom is -0.353 e.